The number of nitrogens with zero attached hydrogens (tertiary/aromatic N) is 4. The first kappa shape index (κ1) is 26.6. The first-order chi connectivity index (χ1) is 18.9. The Hall–Kier alpha value is -3.95. The second-order valence-electron chi connectivity index (χ2n) is 9.17. The molecule has 0 saturated heterocycles. The largest absolute Gasteiger partial charge is 0.482 e. The Labute approximate surface area is 236 Å². The van der Waals surface area contributed by atoms with E-state index in [0.717, 1.165) is 33.1 Å². The standard InChI is InChI=1S/C30H29N5O2S2/c1-5-16-35-28(21(4)37-25-9-7-6-8-20(25)3)33-34-30(35)38-18-27(36)31-23-13-11-22(12-14-23)29-32-24-15-10-19(2)17-26(24)39-29/h5-15,17,21H,1,16,18H2,2-4H3,(H,31,36). The molecule has 0 aliphatic rings. The Morgan fingerprint density at radius 2 is 1.92 bits per heavy atom. The highest BCUT2D eigenvalue weighted by Gasteiger charge is 2.20. The highest BCUT2D eigenvalue weighted by atomic mass is 32.2. The van der Waals surface area contributed by atoms with Crippen LogP contribution >= 0.6 is 23.1 Å². The van der Waals surface area contributed by atoms with Gasteiger partial charge in [0.2, 0.25) is 5.91 Å². The van der Waals surface area contributed by atoms with E-state index in [-0.39, 0.29) is 17.8 Å². The maximum absolute atomic E-state index is 12.7. The van der Waals surface area contributed by atoms with Gasteiger partial charge in [-0.25, -0.2) is 4.98 Å². The number of hydrogen-bond donors (Lipinski definition) is 1. The van der Waals surface area contributed by atoms with E-state index in [4.69, 9.17) is 9.72 Å². The van der Waals surface area contributed by atoms with Crippen LogP contribution in [0.3, 0.4) is 0 Å². The van der Waals surface area contributed by atoms with Crippen molar-refractivity contribution in [3.63, 3.8) is 0 Å². The number of ether oxygens (including phenoxy) is 1. The molecule has 0 spiro atoms. The summed E-state index contributed by atoms with van der Waals surface area (Å²) in [7, 11) is 0. The van der Waals surface area contributed by atoms with Crippen molar-refractivity contribution in [1.29, 1.82) is 0 Å². The highest BCUT2D eigenvalue weighted by Crippen LogP contribution is 2.31. The number of thiazole rings is 1. The Balaban J connectivity index is 1.21. The van der Waals surface area contributed by atoms with Crippen LogP contribution in [0.5, 0.6) is 5.75 Å². The fraction of sp³-hybridized carbons (Fsp3) is 0.200. The molecule has 5 aromatic rings. The third kappa shape index (κ3) is 6.21. The van der Waals surface area contributed by atoms with Gasteiger partial charge in [-0.3, -0.25) is 9.36 Å². The molecule has 0 aliphatic carbocycles. The number of rotatable bonds is 10. The van der Waals surface area contributed by atoms with Crippen molar-refractivity contribution in [3.8, 4) is 16.3 Å². The maximum Gasteiger partial charge on any atom is 0.234 e. The molecule has 0 radical (unpaired) electrons. The number of carbonyl (C=O) groups is 1. The Kier molecular flexibility index (Phi) is 8.09. The van der Waals surface area contributed by atoms with Crippen LogP contribution in [-0.4, -0.2) is 31.4 Å². The van der Waals surface area contributed by atoms with Gasteiger partial charge in [-0.15, -0.1) is 28.1 Å². The molecule has 0 aliphatic heterocycles. The number of hydrogen-bond acceptors (Lipinski definition) is 7. The smallest absolute Gasteiger partial charge is 0.234 e. The average Bonchev–Trinajstić information content (AvgIpc) is 3.53. The minimum atomic E-state index is -0.320. The number of carbonyl (C=O) groups excluding carboxylic acids is 1. The van der Waals surface area contributed by atoms with E-state index in [2.05, 4.69) is 41.1 Å². The molecule has 1 N–H and O–H groups in total. The van der Waals surface area contributed by atoms with E-state index < -0.39 is 0 Å². The zero-order chi connectivity index (χ0) is 27.4. The minimum Gasteiger partial charge on any atom is -0.482 e. The summed E-state index contributed by atoms with van der Waals surface area (Å²) < 4.78 is 9.25. The van der Waals surface area contributed by atoms with E-state index in [1.807, 2.05) is 73.0 Å². The second kappa shape index (κ2) is 11.8. The Bertz CT molecular complexity index is 1620. The molecule has 1 amide bonds. The van der Waals surface area contributed by atoms with E-state index in [0.29, 0.717) is 17.5 Å². The summed E-state index contributed by atoms with van der Waals surface area (Å²) in [4.78, 5) is 17.5. The van der Waals surface area contributed by atoms with Gasteiger partial charge in [-0.2, -0.15) is 0 Å². The van der Waals surface area contributed by atoms with Crippen LogP contribution in [0.25, 0.3) is 20.8 Å². The summed E-state index contributed by atoms with van der Waals surface area (Å²) in [5.41, 5.74) is 5.02. The molecular formula is C30H29N5O2S2. The maximum atomic E-state index is 12.7. The van der Waals surface area contributed by atoms with Crippen molar-refractivity contribution < 1.29 is 9.53 Å². The van der Waals surface area contributed by atoms with Crippen molar-refractivity contribution in [1.82, 2.24) is 19.7 Å². The zero-order valence-electron chi connectivity index (χ0n) is 22.0. The van der Waals surface area contributed by atoms with E-state index >= 15 is 0 Å². The monoisotopic (exact) mass is 555 g/mol. The van der Waals surface area contributed by atoms with Crippen LogP contribution in [0, 0.1) is 13.8 Å². The molecular weight excluding hydrogens is 526 g/mol. The molecule has 1 atom stereocenters. The van der Waals surface area contributed by atoms with Crippen LogP contribution in [0.4, 0.5) is 5.69 Å². The molecule has 3 aromatic carbocycles. The Morgan fingerprint density at radius 1 is 1.13 bits per heavy atom. The second-order valence-corrected chi connectivity index (χ2v) is 11.1. The molecule has 2 heterocycles. The summed E-state index contributed by atoms with van der Waals surface area (Å²) in [6.07, 6.45) is 1.46. The van der Waals surface area contributed by atoms with Crippen molar-refractivity contribution in [2.45, 2.75) is 38.6 Å². The molecule has 2 aromatic heterocycles. The molecule has 0 bridgehead atoms. The molecule has 0 saturated carbocycles. The van der Waals surface area contributed by atoms with Crippen molar-refractivity contribution in [2.24, 2.45) is 0 Å². The SMILES string of the molecule is C=CCn1c(SCC(=O)Nc2ccc(-c3nc4ccc(C)cc4s3)cc2)nnc1C(C)Oc1ccccc1C. The lowest BCUT2D eigenvalue weighted by Crippen LogP contribution is -2.15. The quantitative estimate of drug-likeness (QED) is 0.145. The predicted octanol–water partition coefficient (Wildman–Crippen LogP) is 7.23. The molecule has 0 fully saturated rings. The summed E-state index contributed by atoms with van der Waals surface area (Å²) in [5.74, 6) is 1.56. The van der Waals surface area contributed by atoms with E-state index in [1.54, 1.807) is 17.4 Å². The van der Waals surface area contributed by atoms with Gasteiger partial charge in [-0.05, 0) is 74.4 Å². The number of benzene rings is 3. The number of para-hydroxylation sites is 1. The number of nitrogens with one attached hydrogen (secondary N) is 1. The molecule has 1 unspecified atom stereocenters. The van der Waals surface area contributed by atoms with Gasteiger partial charge in [0.15, 0.2) is 17.1 Å². The van der Waals surface area contributed by atoms with Gasteiger partial charge in [0.05, 0.1) is 16.0 Å². The fourth-order valence-corrected chi connectivity index (χ4v) is 5.94. The van der Waals surface area contributed by atoms with Crippen LogP contribution in [0.2, 0.25) is 0 Å². The van der Waals surface area contributed by atoms with Gasteiger partial charge in [0.1, 0.15) is 10.8 Å². The number of anilines is 1. The van der Waals surface area contributed by atoms with Crippen molar-refractivity contribution in [3.05, 3.63) is 96.3 Å². The highest BCUT2D eigenvalue weighted by molar-refractivity contribution is 7.99. The predicted molar refractivity (Wildman–Crippen MR) is 160 cm³/mol. The third-order valence-electron chi connectivity index (χ3n) is 6.11. The van der Waals surface area contributed by atoms with E-state index in [9.17, 15) is 4.79 Å². The minimum absolute atomic E-state index is 0.123. The van der Waals surface area contributed by atoms with Gasteiger partial charge < -0.3 is 10.1 Å². The van der Waals surface area contributed by atoms with Crippen LogP contribution < -0.4 is 10.1 Å². The van der Waals surface area contributed by atoms with Crippen molar-refractivity contribution in [2.75, 3.05) is 11.1 Å². The molecule has 39 heavy (non-hydrogen) atoms. The lowest BCUT2D eigenvalue weighted by atomic mass is 10.2. The first-order valence-electron chi connectivity index (χ1n) is 12.6. The zero-order valence-corrected chi connectivity index (χ0v) is 23.7. The van der Waals surface area contributed by atoms with Crippen molar-refractivity contribution >= 4 is 44.9 Å². The number of aromatic nitrogens is 4. The van der Waals surface area contributed by atoms with Gasteiger partial charge in [0, 0.05) is 17.8 Å². The lowest BCUT2D eigenvalue weighted by Gasteiger charge is -2.17. The van der Waals surface area contributed by atoms with Gasteiger partial charge in [0.25, 0.3) is 0 Å². The number of amides is 1. The van der Waals surface area contributed by atoms with Crippen LogP contribution in [0.1, 0.15) is 30.0 Å². The summed E-state index contributed by atoms with van der Waals surface area (Å²) in [6, 6.07) is 21.9. The third-order valence-corrected chi connectivity index (χ3v) is 8.14. The van der Waals surface area contributed by atoms with Gasteiger partial charge >= 0.3 is 0 Å². The topological polar surface area (TPSA) is 81.9 Å². The number of thioether (sulfide) groups is 1. The number of aryl methyl sites for hydroxylation is 2. The summed E-state index contributed by atoms with van der Waals surface area (Å²) >= 11 is 3.00. The van der Waals surface area contributed by atoms with Crippen LogP contribution in [-0.2, 0) is 11.3 Å². The lowest BCUT2D eigenvalue weighted by molar-refractivity contribution is -0.113. The molecule has 198 valence electrons. The summed E-state index contributed by atoms with van der Waals surface area (Å²) in [6.45, 7) is 10.4. The molecule has 5 rings (SSSR count). The molecule has 9 heteroatoms. The Morgan fingerprint density at radius 3 is 2.69 bits per heavy atom. The number of allylic oxidation sites excluding steroid dienone is 1. The van der Waals surface area contributed by atoms with Crippen LogP contribution in [0.15, 0.2) is 84.5 Å². The normalized spacial score (nSPS) is 11.9. The van der Waals surface area contributed by atoms with Gasteiger partial charge in [-0.1, -0.05) is 42.1 Å². The average molecular weight is 556 g/mol. The first-order valence-corrected chi connectivity index (χ1v) is 14.4. The number of fused-ring (bicyclic) bond motifs is 1. The van der Waals surface area contributed by atoms with E-state index in [1.165, 1.54) is 22.0 Å². The molecule has 7 nitrogen and oxygen atoms in total. The summed E-state index contributed by atoms with van der Waals surface area (Å²) in [5, 5.41) is 13.3. The fourth-order valence-electron chi connectivity index (χ4n) is 4.12.